The third-order valence-electron chi connectivity index (χ3n) is 4.73. The first-order valence-corrected chi connectivity index (χ1v) is 9.45. The van der Waals surface area contributed by atoms with E-state index in [9.17, 15) is 13.2 Å². The monoisotopic (exact) mass is 440 g/mol. The molecule has 7 heteroatoms. The number of hydrogen-bond acceptors (Lipinski definition) is 2. The smallest absolute Gasteiger partial charge is 0.497 e. The summed E-state index contributed by atoms with van der Waals surface area (Å²) in [6.07, 6.45) is 2.99. The molecule has 0 spiro atoms. The van der Waals surface area contributed by atoms with Gasteiger partial charge in [0.15, 0.2) is 24.8 Å². The highest BCUT2D eigenvalue weighted by molar-refractivity contribution is 5.61. The van der Waals surface area contributed by atoms with Crippen LogP contribution in [-0.4, -0.2) is 13.5 Å². The van der Waals surface area contributed by atoms with Crippen LogP contribution >= 0.6 is 0 Å². The van der Waals surface area contributed by atoms with Gasteiger partial charge in [-0.15, -0.1) is 13.2 Å². The molecule has 0 saturated carbocycles. The van der Waals surface area contributed by atoms with Gasteiger partial charge in [0.1, 0.15) is 11.5 Å². The molecule has 0 bridgehead atoms. The van der Waals surface area contributed by atoms with Crippen molar-refractivity contribution in [3.63, 3.8) is 0 Å². The lowest BCUT2D eigenvalue weighted by Crippen LogP contribution is -2.29. The summed E-state index contributed by atoms with van der Waals surface area (Å²) in [5.74, 6) is 0.559. The van der Waals surface area contributed by atoms with Crippen molar-refractivity contribution >= 4 is 0 Å². The Kier molecular flexibility index (Phi) is 6.78. The maximum Gasteiger partial charge on any atom is 0.573 e. The molecule has 0 aliphatic carbocycles. The Morgan fingerprint density at radius 3 is 1.31 bits per heavy atom. The zero-order chi connectivity index (χ0) is 21.8. The highest BCUT2D eigenvalue weighted by atomic mass is 19.4. The van der Waals surface area contributed by atoms with E-state index in [0.717, 1.165) is 28.3 Å². The second-order valence-electron chi connectivity index (χ2n) is 6.73. The standard InChI is InChI=1S/C24H19F3N2O2.CH4/c1-30-22-6-2-20(3-7-22)28-14-10-18(11-15-28)19-12-16-29(17-13-19)21-4-8-23(9-5-21)31-24(25,26)27;/h2-17H,1H3;1H4/q+2;. The molecular formula is C25H23F3N2O2+2. The summed E-state index contributed by atoms with van der Waals surface area (Å²) < 4.78 is 49.8. The number of hydrogen-bond donors (Lipinski definition) is 0. The molecule has 32 heavy (non-hydrogen) atoms. The van der Waals surface area contributed by atoms with E-state index in [0.29, 0.717) is 0 Å². The quantitative estimate of drug-likeness (QED) is 0.386. The molecule has 4 nitrogen and oxygen atoms in total. The van der Waals surface area contributed by atoms with Gasteiger partial charge in [0.05, 0.1) is 7.11 Å². The van der Waals surface area contributed by atoms with Gasteiger partial charge in [-0.2, -0.15) is 9.13 Å². The number of ether oxygens (including phenoxy) is 2. The van der Waals surface area contributed by atoms with E-state index in [1.807, 2.05) is 82.5 Å². The van der Waals surface area contributed by atoms with Crippen molar-refractivity contribution in [3.05, 3.63) is 97.6 Å². The van der Waals surface area contributed by atoms with Crippen molar-refractivity contribution in [1.82, 2.24) is 0 Å². The van der Waals surface area contributed by atoms with Crippen molar-refractivity contribution in [2.24, 2.45) is 0 Å². The third-order valence-corrected chi connectivity index (χ3v) is 4.73. The molecular weight excluding hydrogens is 417 g/mol. The molecule has 0 atom stereocenters. The summed E-state index contributed by atoms with van der Waals surface area (Å²) in [6, 6.07) is 21.5. The zero-order valence-corrected chi connectivity index (χ0v) is 16.6. The lowest BCUT2D eigenvalue weighted by Gasteiger charge is -2.08. The van der Waals surface area contributed by atoms with E-state index in [-0.39, 0.29) is 13.2 Å². The Hall–Kier alpha value is -3.87. The maximum atomic E-state index is 12.3. The number of aromatic nitrogens is 2. The lowest BCUT2D eigenvalue weighted by atomic mass is 10.1. The molecule has 0 radical (unpaired) electrons. The molecule has 0 N–H and O–H groups in total. The van der Waals surface area contributed by atoms with Crippen LogP contribution in [0.15, 0.2) is 97.6 Å². The van der Waals surface area contributed by atoms with Gasteiger partial charge >= 0.3 is 6.36 Å². The van der Waals surface area contributed by atoms with Crippen molar-refractivity contribution in [1.29, 1.82) is 0 Å². The predicted molar refractivity (Wildman–Crippen MR) is 115 cm³/mol. The third kappa shape index (κ3) is 5.43. The zero-order valence-electron chi connectivity index (χ0n) is 16.6. The molecule has 2 aromatic carbocycles. The van der Waals surface area contributed by atoms with Crippen molar-refractivity contribution < 1.29 is 31.8 Å². The summed E-state index contributed by atoms with van der Waals surface area (Å²) in [6.45, 7) is 0. The first-order valence-electron chi connectivity index (χ1n) is 9.45. The lowest BCUT2D eigenvalue weighted by molar-refractivity contribution is -0.596. The molecule has 0 amide bonds. The molecule has 0 fully saturated rings. The summed E-state index contributed by atoms with van der Waals surface area (Å²) in [4.78, 5) is 0. The largest absolute Gasteiger partial charge is 0.573 e. The van der Waals surface area contributed by atoms with Crippen LogP contribution < -0.4 is 18.6 Å². The minimum absolute atomic E-state index is 0. The first kappa shape index (κ1) is 22.8. The van der Waals surface area contributed by atoms with Crippen LogP contribution in [-0.2, 0) is 0 Å². The van der Waals surface area contributed by atoms with Crippen LogP contribution in [0.25, 0.3) is 22.5 Å². The Labute approximate surface area is 184 Å². The minimum atomic E-state index is -4.70. The summed E-state index contributed by atoms with van der Waals surface area (Å²) >= 11 is 0. The van der Waals surface area contributed by atoms with Crippen LogP contribution in [0.1, 0.15) is 7.43 Å². The summed E-state index contributed by atoms with van der Waals surface area (Å²) in [7, 11) is 1.64. The minimum Gasteiger partial charge on any atom is -0.497 e. The van der Waals surface area contributed by atoms with E-state index in [4.69, 9.17) is 4.74 Å². The summed E-state index contributed by atoms with van der Waals surface area (Å²) in [5.41, 5.74) is 3.82. The predicted octanol–water partition coefficient (Wildman–Crippen LogP) is 5.45. The second kappa shape index (κ2) is 9.51. The molecule has 2 aromatic heterocycles. The fourth-order valence-electron chi connectivity index (χ4n) is 3.16. The maximum absolute atomic E-state index is 12.3. The van der Waals surface area contributed by atoms with Crippen molar-refractivity contribution in [2.75, 3.05) is 7.11 Å². The fraction of sp³-hybridized carbons (Fsp3) is 0.120. The molecule has 164 valence electrons. The van der Waals surface area contributed by atoms with E-state index in [2.05, 4.69) is 4.74 Å². The van der Waals surface area contributed by atoms with Crippen molar-refractivity contribution in [2.45, 2.75) is 13.8 Å². The molecule has 4 rings (SSSR count). The van der Waals surface area contributed by atoms with Gasteiger partial charge < -0.3 is 9.47 Å². The molecule has 0 saturated heterocycles. The molecule has 2 heterocycles. The topological polar surface area (TPSA) is 26.2 Å². The Morgan fingerprint density at radius 1 is 0.594 bits per heavy atom. The number of pyridine rings is 2. The van der Waals surface area contributed by atoms with Gasteiger partial charge in [-0.25, -0.2) is 0 Å². The number of benzene rings is 2. The number of nitrogens with zero attached hydrogens (tertiary/aromatic N) is 2. The van der Waals surface area contributed by atoms with Crippen LogP contribution in [0.5, 0.6) is 11.5 Å². The highest BCUT2D eigenvalue weighted by Gasteiger charge is 2.31. The van der Waals surface area contributed by atoms with E-state index in [1.165, 1.54) is 12.1 Å². The SMILES string of the molecule is C.COc1ccc(-[n+]2ccc(-c3cc[n+](-c4ccc(OC(F)(F)F)cc4)cc3)cc2)cc1. The number of methoxy groups -OCH3 is 1. The molecule has 0 unspecified atom stereocenters. The van der Waals surface area contributed by atoms with Crippen LogP contribution in [0.4, 0.5) is 13.2 Å². The van der Waals surface area contributed by atoms with Crippen LogP contribution in [0, 0.1) is 0 Å². The average Bonchev–Trinajstić information content (AvgIpc) is 2.79. The number of rotatable bonds is 5. The average molecular weight is 440 g/mol. The van der Waals surface area contributed by atoms with Gasteiger partial charge in [-0.3, -0.25) is 0 Å². The Bertz CT molecular complexity index is 1140. The van der Waals surface area contributed by atoms with Crippen molar-refractivity contribution in [3.8, 4) is 34.0 Å². The number of halogens is 3. The second-order valence-corrected chi connectivity index (χ2v) is 6.73. The Morgan fingerprint density at radius 2 is 0.969 bits per heavy atom. The number of alkyl halides is 3. The van der Waals surface area contributed by atoms with Gasteiger partial charge in [0.2, 0.25) is 11.4 Å². The Balaban J connectivity index is 0.00000289. The fourth-order valence-corrected chi connectivity index (χ4v) is 3.16. The normalized spacial score (nSPS) is 10.9. The van der Waals surface area contributed by atoms with Gasteiger partial charge in [-0.1, -0.05) is 7.43 Å². The van der Waals surface area contributed by atoms with E-state index >= 15 is 0 Å². The van der Waals surface area contributed by atoms with E-state index < -0.39 is 6.36 Å². The van der Waals surface area contributed by atoms with E-state index in [1.54, 1.807) is 19.2 Å². The van der Waals surface area contributed by atoms with Gasteiger partial charge in [0, 0.05) is 48.5 Å². The van der Waals surface area contributed by atoms with Gasteiger partial charge in [-0.05, 0) is 35.4 Å². The highest BCUT2D eigenvalue weighted by Crippen LogP contribution is 2.23. The first-order chi connectivity index (χ1) is 14.9. The van der Waals surface area contributed by atoms with Crippen LogP contribution in [0.3, 0.4) is 0 Å². The molecule has 4 aromatic rings. The summed E-state index contributed by atoms with van der Waals surface area (Å²) in [5, 5.41) is 0. The molecule has 0 aliphatic rings. The van der Waals surface area contributed by atoms with Gasteiger partial charge in [0.25, 0.3) is 0 Å². The van der Waals surface area contributed by atoms with Crippen LogP contribution in [0.2, 0.25) is 0 Å². The molecule has 0 aliphatic heterocycles.